The Kier molecular flexibility index (Phi) is 4.41. The second-order valence-corrected chi connectivity index (χ2v) is 7.24. The number of para-hydroxylation sites is 1. The largest absolute Gasteiger partial charge is 0.370 e. The summed E-state index contributed by atoms with van der Waals surface area (Å²) in [4.78, 5) is 14.6. The van der Waals surface area contributed by atoms with Gasteiger partial charge in [0.05, 0.1) is 0 Å². The highest BCUT2D eigenvalue weighted by molar-refractivity contribution is 5.83. The molecule has 2 aromatic heterocycles. The molecule has 0 unspecified atom stereocenters. The number of H-pyrrole nitrogens is 1. The van der Waals surface area contributed by atoms with Crippen LogP contribution in [0.5, 0.6) is 0 Å². The van der Waals surface area contributed by atoms with Crippen molar-refractivity contribution in [1.29, 1.82) is 0 Å². The lowest BCUT2D eigenvalue weighted by atomic mass is 10.00. The van der Waals surface area contributed by atoms with E-state index in [0.29, 0.717) is 0 Å². The third-order valence-corrected chi connectivity index (χ3v) is 5.48. The topological polar surface area (TPSA) is 56.8 Å². The van der Waals surface area contributed by atoms with Gasteiger partial charge in [-0.15, -0.1) is 0 Å². The molecule has 4 aromatic rings. The van der Waals surface area contributed by atoms with Gasteiger partial charge in [-0.05, 0) is 35.6 Å². The average molecular weight is 369 g/mol. The Morgan fingerprint density at radius 3 is 2.82 bits per heavy atom. The molecule has 140 valence electrons. The van der Waals surface area contributed by atoms with E-state index >= 15 is 0 Å². The first-order valence-corrected chi connectivity index (χ1v) is 9.79. The first-order chi connectivity index (χ1) is 13.9. The summed E-state index contributed by atoms with van der Waals surface area (Å²) in [6.07, 6.45) is 5.76. The summed E-state index contributed by atoms with van der Waals surface area (Å²) < 4.78 is 0. The van der Waals surface area contributed by atoms with Crippen molar-refractivity contribution in [2.24, 2.45) is 0 Å². The standard InChI is InChI=1S/C23H23N5/c1-2-6-19-15-28(12-10-17(19)5-1)23-13-22(26-16-27-23)24-11-9-18-14-25-21-8-4-3-7-20(18)21/h1-8,13-14,16,25H,9-12,15H2,(H,24,26,27). The molecule has 5 heteroatoms. The molecule has 2 aromatic carbocycles. The van der Waals surface area contributed by atoms with Gasteiger partial charge in [0, 0.05) is 42.8 Å². The van der Waals surface area contributed by atoms with E-state index in [-0.39, 0.29) is 0 Å². The highest BCUT2D eigenvalue weighted by atomic mass is 15.2. The Morgan fingerprint density at radius 1 is 1.00 bits per heavy atom. The monoisotopic (exact) mass is 369 g/mol. The quantitative estimate of drug-likeness (QED) is 0.554. The second-order valence-electron chi connectivity index (χ2n) is 7.24. The molecule has 0 spiro atoms. The lowest BCUT2D eigenvalue weighted by molar-refractivity contribution is 0.719. The maximum atomic E-state index is 4.50. The van der Waals surface area contributed by atoms with Crippen LogP contribution >= 0.6 is 0 Å². The van der Waals surface area contributed by atoms with E-state index in [1.165, 1.54) is 27.6 Å². The summed E-state index contributed by atoms with van der Waals surface area (Å²) >= 11 is 0. The van der Waals surface area contributed by atoms with E-state index in [0.717, 1.165) is 44.1 Å². The van der Waals surface area contributed by atoms with Crippen LogP contribution in [0.25, 0.3) is 10.9 Å². The number of rotatable bonds is 5. The number of anilines is 2. The van der Waals surface area contributed by atoms with E-state index in [4.69, 9.17) is 0 Å². The molecule has 0 radical (unpaired) electrons. The van der Waals surface area contributed by atoms with Crippen LogP contribution in [0.4, 0.5) is 11.6 Å². The van der Waals surface area contributed by atoms with Crippen LogP contribution in [0.3, 0.4) is 0 Å². The van der Waals surface area contributed by atoms with Crippen LogP contribution < -0.4 is 10.2 Å². The number of fused-ring (bicyclic) bond motifs is 2. The van der Waals surface area contributed by atoms with Crippen molar-refractivity contribution in [2.75, 3.05) is 23.3 Å². The fraction of sp³-hybridized carbons (Fsp3) is 0.217. The maximum absolute atomic E-state index is 4.50. The molecule has 0 amide bonds. The molecule has 0 saturated carbocycles. The summed E-state index contributed by atoms with van der Waals surface area (Å²) in [5.74, 6) is 1.86. The Bertz CT molecular complexity index is 1100. The Labute approximate surface area is 164 Å². The number of benzene rings is 2. The first kappa shape index (κ1) is 16.8. The fourth-order valence-corrected chi connectivity index (χ4v) is 3.97. The molecule has 5 rings (SSSR count). The number of aromatic nitrogens is 3. The second kappa shape index (κ2) is 7.35. The first-order valence-electron chi connectivity index (χ1n) is 9.79. The lowest BCUT2D eigenvalue weighted by Crippen LogP contribution is -2.31. The summed E-state index contributed by atoms with van der Waals surface area (Å²) in [7, 11) is 0. The van der Waals surface area contributed by atoms with Crippen LogP contribution in [-0.4, -0.2) is 28.0 Å². The van der Waals surface area contributed by atoms with E-state index in [9.17, 15) is 0 Å². The van der Waals surface area contributed by atoms with Gasteiger partial charge in [-0.1, -0.05) is 42.5 Å². The minimum Gasteiger partial charge on any atom is -0.370 e. The van der Waals surface area contributed by atoms with Gasteiger partial charge in [0.2, 0.25) is 0 Å². The number of nitrogens with zero attached hydrogens (tertiary/aromatic N) is 3. The highest BCUT2D eigenvalue weighted by Gasteiger charge is 2.17. The summed E-state index contributed by atoms with van der Waals surface area (Å²) in [6, 6.07) is 19.1. The van der Waals surface area contributed by atoms with Crippen LogP contribution in [0, 0.1) is 0 Å². The Morgan fingerprint density at radius 2 is 1.86 bits per heavy atom. The van der Waals surface area contributed by atoms with E-state index in [1.807, 2.05) is 0 Å². The van der Waals surface area contributed by atoms with Gasteiger partial charge in [0.1, 0.15) is 18.0 Å². The molecule has 0 bridgehead atoms. The molecule has 0 saturated heterocycles. The molecular formula is C23H23N5. The number of nitrogens with one attached hydrogen (secondary N) is 2. The van der Waals surface area contributed by atoms with Crippen LogP contribution in [-0.2, 0) is 19.4 Å². The van der Waals surface area contributed by atoms with Crippen LogP contribution in [0.2, 0.25) is 0 Å². The van der Waals surface area contributed by atoms with Gasteiger partial charge < -0.3 is 15.2 Å². The van der Waals surface area contributed by atoms with Gasteiger partial charge in [0.15, 0.2) is 0 Å². The fourth-order valence-electron chi connectivity index (χ4n) is 3.97. The molecule has 0 atom stereocenters. The molecule has 2 N–H and O–H groups in total. The number of hydrogen-bond acceptors (Lipinski definition) is 4. The smallest absolute Gasteiger partial charge is 0.134 e. The molecule has 0 fully saturated rings. The zero-order valence-corrected chi connectivity index (χ0v) is 15.7. The van der Waals surface area contributed by atoms with Crippen molar-refractivity contribution in [1.82, 2.24) is 15.0 Å². The lowest BCUT2D eigenvalue weighted by Gasteiger charge is -2.29. The molecule has 28 heavy (non-hydrogen) atoms. The SMILES string of the molecule is c1ccc2c(c1)CCN(c1cc(NCCc3c[nH]c4ccccc34)ncn1)C2. The summed E-state index contributed by atoms with van der Waals surface area (Å²) in [6.45, 7) is 2.73. The van der Waals surface area contributed by atoms with Gasteiger partial charge in [-0.2, -0.15) is 0 Å². The van der Waals surface area contributed by atoms with E-state index in [2.05, 4.69) is 86.0 Å². The molecule has 1 aliphatic rings. The van der Waals surface area contributed by atoms with Gasteiger partial charge in [0.25, 0.3) is 0 Å². The van der Waals surface area contributed by atoms with E-state index < -0.39 is 0 Å². The third kappa shape index (κ3) is 3.31. The highest BCUT2D eigenvalue weighted by Crippen LogP contribution is 2.24. The number of aromatic amines is 1. The molecule has 0 aliphatic carbocycles. The van der Waals surface area contributed by atoms with Crippen molar-refractivity contribution >= 4 is 22.5 Å². The zero-order valence-electron chi connectivity index (χ0n) is 15.7. The molecule has 1 aliphatic heterocycles. The van der Waals surface area contributed by atoms with Crippen molar-refractivity contribution in [2.45, 2.75) is 19.4 Å². The molecular weight excluding hydrogens is 346 g/mol. The zero-order chi connectivity index (χ0) is 18.8. The number of hydrogen-bond donors (Lipinski definition) is 2. The molecule has 5 nitrogen and oxygen atoms in total. The van der Waals surface area contributed by atoms with Crippen LogP contribution in [0.1, 0.15) is 16.7 Å². The normalized spacial score (nSPS) is 13.5. The predicted molar refractivity (Wildman–Crippen MR) is 114 cm³/mol. The van der Waals surface area contributed by atoms with E-state index in [1.54, 1.807) is 6.33 Å². The maximum Gasteiger partial charge on any atom is 0.134 e. The Hall–Kier alpha value is -3.34. The van der Waals surface area contributed by atoms with Crippen molar-refractivity contribution in [3.63, 3.8) is 0 Å². The average Bonchev–Trinajstić information content (AvgIpc) is 3.17. The van der Waals surface area contributed by atoms with Crippen LogP contribution in [0.15, 0.2) is 67.1 Å². The molecule has 3 heterocycles. The van der Waals surface area contributed by atoms with Gasteiger partial charge in [-0.25, -0.2) is 9.97 Å². The summed E-state index contributed by atoms with van der Waals surface area (Å²) in [5, 5.41) is 4.75. The summed E-state index contributed by atoms with van der Waals surface area (Å²) in [5.41, 5.74) is 5.35. The Balaban J connectivity index is 1.25. The van der Waals surface area contributed by atoms with Crippen molar-refractivity contribution in [3.8, 4) is 0 Å². The van der Waals surface area contributed by atoms with Gasteiger partial charge in [-0.3, -0.25) is 0 Å². The van der Waals surface area contributed by atoms with Crippen molar-refractivity contribution in [3.05, 3.63) is 83.8 Å². The third-order valence-electron chi connectivity index (χ3n) is 5.48. The van der Waals surface area contributed by atoms with Crippen molar-refractivity contribution < 1.29 is 0 Å². The predicted octanol–water partition coefficient (Wildman–Crippen LogP) is 4.18. The minimum absolute atomic E-state index is 0.834. The van der Waals surface area contributed by atoms with Gasteiger partial charge >= 0.3 is 0 Å². The minimum atomic E-state index is 0.834.